The van der Waals surface area contributed by atoms with Crippen LogP contribution in [0.2, 0.25) is 0 Å². The second-order valence-corrected chi connectivity index (χ2v) is 4.70. The maximum absolute atomic E-state index is 9.47. The monoisotopic (exact) mass is 209 g/mol. The molecule has 1 saturated carbocycles. The molecule has 0 heterocycles. The molecule has 0 bridgehead atoms. The first-order valence-corrected chi connectivity index (χ1v) is 6.08. The van der Waals surface area contributed by atoms with Gasteiger partial charge in [0.25, 0.3) is 0 Å². The maximum Gasteiger partial charge on any atom is 0.0499 e. The summed E-state index contributed by atoms with van der Waals surface area (Å²) in [6.07, 6.45) is 13.3. The molecule has 0 spiro atoms. The van der Waals surface area contributed by atoms with E-state index >= 15 is 0 Å². The van der Waals surface area contributed by atoms with Gasteiger partial charge in [0.15, 0.2) is 0 Å². The standard InChI is InChI=1S/C13H23NO/c1-2-3-7-10-14-11-13(12-15)8-5-4-6-9-13/h1,14-15H,3-12H2. The van der Waals surface area contributed by atoms with E-state index in [1.165, 1.54) is 32.1 Å². The lowest BCUT2D eigenvalue weighted by Crippen LogP contribution is -2.39. The van der Waals surface area contributed by atoms with Crippen LogP contribution in [-0.4, -0.2) is 24.8 Å². The first kappa shape index (κ1) is 12.5. The van der Waals surface area contributed by atoms with Gasteiger partial charge in [0, 0.05) is 25.0 Å². The van der Waals surface area contributed by atoms with Gasteiger partial charge >= 0.3 is 0 Å². The van der Waals surface area contributed by atoms with E-state index in [4.69, 9.17) is 6.42 Å². The fourth-order valence-electron chi connectivity index (χ4n) is 2.36. The van der Waals surface area contributed by atoms with Crippen molar-refractivity contribution in [2.45, 2.75) is 44.9 Å². The lowest BCUT2D eigenvalue weighted by molar-refractivity contribution is 0.0815. The molecule has 0 unspecified atom stereocenters. The fraction of sp³-hybridized carbons (Fsp3) is 0.846. The van der Waals surface area contributed by atoms with Gasteiger partial charge < -0.3 is 10.4 Å². The highest BCUT2D eigenvalue weighted by atomic mass is 16.3. The van der Waals surface area contributed by atoms with Crippen molar-refractivity contribution in [3.63, 3.8) is 0 Å². The van der Waals surface area contributed by atoms with Crippen molar-refractivity contribution >= 4 is 0 Å². The number of nitrogens with one attached hydrogen (secondary N) is 1. The fourth-order valence-corrected chi connectivity index (χ4v) is 2.36. The number of rotatable bonds is 6. The van der Waals surface area contributed by atoms with E-state index in [9.17, 15) is 5.11 Å². The predicted octanol–water partition coefficient (Wildman–Crippen LogP) is 1.93. The Hall–Kier alpha value is -0.520. The Labute approximate surface area is 93.5 Å². The van der Waals surface area contributed by atoms with Gasteiger partial charge in [-0.1, -0.05) is 19.3 Å². The smallest absolute Gasteiger partial charge is 0.0499 e. The molecule has 0 saturated heterocycles. The number of hydrogen-bond acceptors (Lipinski definition) is 2. The largest absolute Gasteiger partial charge is 0.396 e. The highest BCUT2D eigenvalue weighted by molar-refractivity contribution is 4.85. The number of unbranched alkanes of at least 4 members (excludes halogenated alkanes) is 1. The van der Waals surface area contributed by atoms with Crippen LogP contribution >= 0.6 is 0 Å². The summed E-state index contributed by atoms with van der Waals surface area (Å²) < 4.78 is 0. The Kier molecular flexibility index (Phi) is 5.75. The Morgan fingerprint density at radius 3 is 2.60 bits per heavy atom. The molecule has 86 valence electrons. The summed E-state index contributed by atoms with van der Waals surface area (Å²) in [7, 11) is 0. The zero-order valence-corrected chi connectivity index (χ0v) is 9.60. The summed E-state index contributed by atoms with van der Waals surface area (Å²) in [6.45, 7) is 2.26. The molecule has 2 heteroatoms. The number of aliphatic hydroxyl groups excluding tert-OH is 1. The lowest BCUT2D eigenvalue weighted by Gasteiger charge is -2.35. The minimum absolute atomic E-state index is 0.161. The molecule has 0 aromatic heterocycles. The first-order valence-electron chi connectivity index (χ1n) is 6.08. The molecule has 2 nitrogen and oxygen atoms in total. The quantitative estimate of drug-likeness (QED) is 0.517. The van der Waals surface area contributed by atoms with Gasteiger partial charge in [-0.3, -0.25) is 0 Å². The third-order valence-electron chi connectivity index (χ3n) is 3.42. The van der Waals surface area contributed by atoms with Crippen LogP contribution in [0.5, 0.6) is 0 Å². The van der Waals surface area contributed by atoms with Gasteiger partial charge in [-0.15, -0.1) is 12.3 Å². The van der Waals surface area contributed by atoms with Crippen molar-refractivity contribution in [1.29, 1.82) is 0 Å². The lowest BCUT2D eigenvalue weighted by atomic mass is 9.74. The summed E-state index contributed by atoms with van der Waals surface area (Å²) in [5.41, 5.74) is 0.161. The molecule has 1 aliphatic rings. The second-order valence-electron chi connectivity index (χ2n) is 4.70. The Balaban J connectivity index is 2.18. The van der Waals surface area contributed by atoms with Crippen LogP contribution in [0.25, 0.3) is 0 Å². The zero-order valence-electron chi connectivity index (χ0n) is 9.60. The second kappa shape index (κ2) is 6.87. The highest BCUT2D eigenvalue weighted by Crippen LogP contribution is 2.35. The molecular formula is C13H23NO. The van der Waals surface area contributed by atoms with Gasteiger partial charge in [0.05, 0.1) is 0 Å². The number of aliphatic hydroxyl groups is 1. The van der Waals surface area contributed by atoms with Gasteiger partial charge in [-0.2, -0.15) is 0 Å². The zero-order chi connectivity index (χ0) is 11.0. The highest BCUT2D eigenvalue weighted by Gasteiger charge is 2.30. The van der Waals surface area contributed by atoms with E-state index in [1.807, 2.05) is 0 Å². The van der Waals surface area contributed by atoms with Crippen molar-refractivity contribution in [1.82, 2.24) is 5.32 Å². The summed E-state index contributed by atoms with van der Waals surface area (Å²) in [5.74, 6) is 2.64. The molecule has 1 aliphatic carbocycles. The molecule has 2 N–H and O–H groups in total. The molecule has 0 aromatic rings. The average molecular weight is 209 g/mol. The van der Waals surface area contributed by atoms with Crippen molar-refractivity contribution in [2.24, 2.45) is 5.41 Å². The van der Waals surface area contributed by atoms with E-state index in [0.29, 0.717) is 6.61 Å². The molecular weight excluding hydrogens is 186 g/mol. The molecule has 1 fully saturated rings. The van der Waals surface area contributed by atoms with Crippen molar-refractivity contribution in [3.05, 3.63) is 0 Å². The third-order valence-corrected chi connectivity index (χ3v) is 3.42. The summed E-state index contributed by atoms with van der Waals surface area (Å²) >= 11 is 0. The molecule has 0 radical (unpaired) electrons. The Morgan fingerprint density at radius 2 is 2.00 bits per heavy atom. The molecule has 0 aromatic carbocycles. The van der Waals surface area contributed by atoms with E-state index in [1.54, 1.807) is 0 Å². The van der Waals surface area contributed by atoms with Crippen LogP contribution in [0.3, 0.4) is 0 Å². The van der Waals surface area contributed by atoms with Gasteiger partial charge in [0.1, 0.15) is 0 Å². The van der Waals surface area contributed by atoms with Crippen LogP contribution in [0.15, 0.2) is 0 Å². The molecule has 0 amide bonds. The first-order chi connectivity index (χ1) is 7.33. The van der Waals surface area contributed by atoms with E-state index in [2.05, 4.69) is 11.2 Å². The normalized spacial score (nSPS) is 19.7. The van der Waals surface area contributed by atoms with Crippen LogP contribution in [0, 0.1) is 17.8 Å². The van der Waals surface area contributed by atoms with Crippen LogP contribution < -0.4 is 5.32 Å². The van der Waals surface area contributed by atoms with E-state index < -0.39 is 0 Å². The molecule has 0 aliphatic heterocycles. The maximum atomic E-state index is 9.47. The van der Waals surface area contributed by atoms with Gasteiger partial charge in [-0.25, -0.2) is 0 Å². The van der Waals surface area contributed by atoms with Crippen molar-refractivity contribution in [2.75, 3.05) is 19.7 Å². The average Bonchev–Trinajstić information content (AvgIpc) is 2.30. The minimum Gasteiger partial charge on any atom is -0.396 e. The van der Waals surface area contributed by atoms with Crippen molar-refractivity contribution in [3.8, 4) is 12.3 Å². The number of terminal acetylenes is 1. The van der Waals surface area contributed by atoms with E-state index in [-0.39, 0.29) is 5.41 Å². The van der Waals surface area contributed by atoms with Crippen LogP contribution in [-0.2, 0) is 0 Å². The van der Waals surface area contributed by atoms with Gasteiger partial charge in [0.2, 0.25) is 0 Å². The molecule has 1 rings (SSSR count). The number of hydrogen-bond donors (Lipinski definition) is 2. The summed E-state index contributed by atoms with van der Waals surface area (Å²) in [6, 6.07) is 0. The Bertz CT molecular complexity index is 201. The van der Waals surface area contributed by atoms with Gasteiger partial charge in [-0.05, 0) is 25.8 Å². The summed E-state index contributed by atoms with van der Waals surface area (Å²) in [5, 5.41) is 12.9. The van der Waals surface area contributed by atoms with Crippen molar-refractivity contribution < 1.29 is 5.11 Å². The summed E-state index contributed by atoms with van der Waals surface area (Å²) in [4.78, 5) is 0. The Morgan fingerprint density at radius 1 is 1.27 bits per heavy atom. The topological polar surface area (TPSA) is 32.3 Å². The van der Waals surface area contributed by atoms with Crippen LogP contribution in [0.4, 0.5) is 0 Å². The van der Waals surface area contributed by atoms with E-state index in [0.717, 1.165) is 25.9 Å². The minimum atomic E-state index is 0.161. The molecule has 0 atom stereocenters. The van der Waals surface area contributed by atoms with Crippen LogP contribution in [0.1, 0.15) is 44.9 Å². The predicted molar refractivity (Wildman–Crippen MR) is 63.5 cm³/mol. The SMILES string of the molecule is C#CCCCNCC1(CO)CCCCC1. The third kappa shape index (κ3) is 4.24. The molecule has 15 heavy (non-hydrogen) atoms.